The van der Waals surface area contributed by atoms with Crippen LogP contribution in [0.1, 0.15) is 139 Å². The SMILES string of the molecule is CCCCCCCCCCc1ccc(N=Cc2ccc(C=Nc3ccc(CCCCCCCCCC)cc3)c(Cl)c2)cc1. The highest BCUT2D eigenvalue weighted by Gasteiger charge is 2.01. The third kappa shape index (κ3) is 15.0. The summed E-state index contributed by atoms with van der Waals surface area (Å²) in [5, 5.41) is 0.680. The lowest BCUT2D eigenvalue weighted by Gasteiger charge is -2.04. The average Bonchev–Trinajstić information content (AvgIpc) is 3.03. The van der Waals surface area contributed by atoms with E-state index in [1.807, 2.05) is 30.6 Å². The standard InChI is InChI=1S/C40H55ClN2/c1-3-5-7-9-11-13-15-17-19-34-22-27-38(28-23-34)42-32-36-21-26-37(40(41)31-36)33-43-39-29-24-35(25-30-39)20-18-16-14-12-10-8-6-4-2/h21-33H,3-20H2,1-2H3. The molecule has 2 nitrogen and oxygen atoms in total. The van der Waals surface area contributed by atoms with Gasteiger partial charge in [-0.3, -0.25) is 9.98 Å². The van der Waals surface area contributed by atoms with E-state index in [0.29, 0.717) is 5.02 Å². The predicted molar refractivity (Wildman–Crippen MR) is 191 cm³/mol. The number of halogens is 1. The fourth-order valence-electron chi connectivity index (χ4n) is 5.44. The molecule has 0 amide bonds. The molecular weight excluding hydrogens is 544 g/mol. The molecule has 3 aromatic carbocycles. The molecule has 0 aliphatic rings. The summed E-state index contributed by atoms with van der Waals surface area (Å²) in [4.78, 5) is 9.32. The first-order chi connectivity index (χ1) is 21.2. The van der Waals surface area contributed by atoms with Gasteiger partial charge < -0.3 is 0 Å². The van der Waals surface area contributed by atoms with Crippen molar-refractivity contribution in [2.45, 2.75) is 129 Å². The Morgan fingerprint density at radius 1 is 0.488 bits per heavy atom. The van der Waals surface area contributed by atoms with Crippen LogP contribution in [0.4, 0.5) is 11.4 Å². The Labute approximate surface area is 268 Å². The zero-order chi connectivity index (χ0) is 30.4. The molecule has 3 heteroatoms. The van der Waals surface area contributed by atoms with Crippen LogP contribution in [-0.2, 0) is 12.8 Å². The highest BCUT2D eigenvalue weighted by atomic mass is 35.5. The molecule has 0 heterocycles. The van der Waals surface area contributed by atoms with E-state index in [4.69, 9.17) is 11.6 Å². The summed E-state index contributed by atoms with van der Waals surface area (Å²) in [6.45, 7) is 4.55. The van der Waals surface area contributed by atoms with E-state index in [-0.39, 0.29) is 0 Å². The maximum Gasteiger partial charge on any atom is 0.0630 e. The molecular formula is C40H55ClN2. The fourth-order valence-corrected chi connectivity index (χ4v) is 5.68. The molecule has 0 aliphatic heterocycles. The minimum atomic E-state index is 0.680. The van der Waals surface area contributed by atoms with Gasteiger partial charge in [-0.25, -0.2) is 0 Å². The number of aryl methyl sites for hydroxylation is 2. The van der Waals surface area contributed by atoms with Crippen molar-refractivity contribution in [2.75, 3.05) is 0 Å². The van der Waals surface area contributed by atoms with Crippen LogP contribution in [0.15, 0.2) is 76.7 Å². The molecule has 0 radical (unpaired) electrons. The second-order valence-corrected chi connectivity index (χ2v) is 12.5. The van der Waals surface area contributed by atoms with E-state index in [2.05, 4.69) is 72.4 Å². The van der Waals surface area contributed by atoms with Crippen LogP contribution in [0.5, 0.6) is 0 Å². The third-order valence-corrected chi connectivity index (χ3v) is 8.58. The van der Waals surface area contributed by atoms with Crippen molar-refractivity contribution in [1.29, 1.82) is 0 Å². The van der Waals surface area contributed by atoms with Crippen LogP contribution in [0.25, 0.3) is 0 Å². The van der Waals surface area contributed by atoms with E-state index in [9.17, 15) is 0 Å². The van der Waals surface area contributed by atoms with Crippen LogP contribution >= 0.6 is 11.6 Å². The van der Waals surface area contributed by atoms with Crippen molar-refractivity contribution in [3.8, 4) is 0 Å². The van der Waals surface area contributed by atoms with Crippen LogP contribution in [0, 0.1) is 0 Å². The fraction of sp³-hybridized carbons (Fsp3) is 0.500. The number of unbranched alkanes of at least 4 members (excludes halogenated alkanes) is 14. The molecule has 0 unspecified atom stereocenters. The zero-order valence-electron chi connectivity index (χ0n) is 27.0. The monoisotopic (exact) mass is 598 g/mol. The number of nitrogens with zero attached hydrogens (tertiary/aromatic N) is 2. The molecule has 0 bridgehead atoms. The van der Waals surface area contributed by atoms with Gasteiger partial charge in [0.1, 0.15) is 0 Å². The predicted octanol–water partition coefficient (Wildman–Crippen LogP) is 13.2. The normalized spacial score (nSPS) is 11.7. The number of rotatable bonds is 22. The first-order valence-electron chi connectivity index (χ1n) is 17.2. The molecule has 0 aliphatic carbocycles. The van der Waals surface area contributed by atoms with Crippen LogP contribution in [-0.4, -0.2) is 12.4 Å². The molecule has 0 N–H and O–H groups in total. The van der Waals surface area contributed by atoms with Gasteiger partial charge in [-0.2, -0.15) is 0 Å². The smallest absolute Gasteiger partial charge is 0.0630 e. The Kier molecular flexibility index (Phi) is 17.7. The summed E-state index contributed by atoms with van der Waals surface area (Å²) in [5.74, 6) is 0. The van der Waals surface area contributed by atoms with Crippen molar-refractivity contribution < 1.29 is 0 Å². The van der Waals surface area contributed by atoms with Crippen molar-refractivity contribution >= 4 is 35.4 Å². The van der Waals surface area contributed by atoms with Gasteiger partial charge in [-0.15, -0.1) is 0 Å². The van der Waals surface area contributed by atoms with Gasteiger partial charge in [-0.1, -0.05) is 152 Å². The van der Waals surface area contributed by atoms with Crippen molar-refractivity contribution in [3.63, 3.8) is 0 Å². The molecule has 0 spiro atoms. The molecule has 232 valence electrons. The highest BCUT2D eigenvalue weighted by molar-refractivity contribution is 6.33. The van der Waals surface area contributed by atoms with Crippen molar-refractivity contribution in [1.82, 2.24) is 0 Å². The van der Waals surface area contributed by atoms with Gasteiger partial charge >= 0.3 is 0 Å². The first-order valence-corrected chi connectivity index (χ1v) is 17.6. The number of aliphatic imine (C=N–C) groups is 2. The van der Waals surface area contributed by atoms with Gasteiger partial charge in [0.15, 0.2) is 0 Å². The lowest BCUT2D eigenvalue weighted by molar-refractivity contribution is 0.575. The summed E-state index contributed by atoms with van der Waals surface area (Å²) < 4.78 is 0. The minimum absolute atomic E-state index is 0.680. The molecule has 0 aromatic heterocycles. The molecule has 3 rings (SSSR count). The third-order valence-electron chi connectivity index (χ3n) is 8.25. The number of hydrogen-bond acceptors (Lipinski definition) is 2. The summed E-state index contributed by atoms with van der Waals surface area (Å²) in [7, 11) is 0. The van der Waals surface area contributed by atoms with Crippen molar-refractivity contribution in [3.05, 3.63) is 94.0 Å². The Bertz CT molecular complexity index is 1190. The van der Waals surface area contributed by atoms with Crippen LogP contribution < -0.4 is 0 Å². The van der Waals surface area contributed by atoms with Gasteiger partial charge in [0.05, 0.1) is 11.4 Å². The van der Waals surface area contributed by atoms with Crippen LogP contribution in [0.3, 0.4) is 0 Å². The van der Waals surface area contributed by atoms with Gasteiger partial charge in [0.25, 0.3) is 0 Å². The quantitative estimate of drug-likeness (QED) is 0.0811. The molecule has 0 saturated carbocycles. The number of hydrogen-bond donors (Lipinski definition) is 0. The maximum atomic E-state index is 6.59. The van der Waals surface area contributed by atoms with Gasteiger partial charge in [0, 0.05) is 23.0 Å². The Morgan fingerprint density at radius 3 is 1.35 bits per heavy atom. The Morgan fingerprint density at radius 2 is 0.907 bits per heavy atom. The molecule has 3 aromatic rings. The lowest BCUT2D eigenvalue weighted by Crippen LogP contribution is -1.88. The van der Waals surface area contributed by atoms with Gasteiger partial charge in [0.2, 0.25) is 0 Å². The number of benzene rings is 3. The summed E-state index contributed by atoms with van der Waals surface area (Å²) in [5.41, 5.74) is 6.60. The topological polar surface area (TPSA) is 24.7 Å². The van der Waals surface area contributed by atoms with Crippen molar-refractivity contribution in [2.24, 2.45) is 9.98 Å². The van der Waals surface area contributed by atoms with E-state index >= 15 is 0 Å². The van der Waals surface area contributed by atoms with E-state index < -0.39 is 0 Å². The highest BCUT2D eigenvalue weighted by Crippen LogP contribution is 2.21. The average molecular weight is 599 g/mol. The summed E-state index contributed by atoms with van der Waals surface area (Å²) in [6.07, 6.45) is 27.8. The van der Waals surface area contributed by atoms with Gasteiger partial charge in [-0.05, 0) is 72.7 Å². The second-order valence-electron chi connectivity index (χ2n) is 12.1. The first kappa shape index (κ1) is 34.8. The minimum Gasteiger partial charge on any atom is -0.256 e. The Balaban J connectivity index is 1.38. The van der Waals surface area contributed by atoms with E-state index in [1.165, 1.54) is 114 Å². The van der Waals surface area contributed by atoms with Crippen LogP contribution in [0.2, 0.25) is 5.02 Å². The largest absolute Gasteiger partial charge is 0.256 e. The molecule has 0 atom stereocenters. The summed E-state index contributed by atoms with van der Waals surface area (Å²) >= 11 is 6.59. The summed E-state index contributed by atoms with van der Waals surface area (Å²) in [6, 6.07) is 23.3. The zero-order valence-corrected chi connectivity index (χ0v) is 27.8. The van der Waals surface area contributed by atoms with E-state index in [0.717, 1.165) is 35.3 Å². The molecule has 43 heavy (non-hydrogen) atoms. The molecule has 0 fully saturated rings. The lowest BCUT2D eigenvalue weighted by atomic mass is 10.0. The Hall–Kier alpha value is -2.71. The molecule has 0 saturated heterocycles. The maximum absolute atomic E-state index is 6.59. The second kappa shape index (κ2) is 21.9. The van der Waals surface area contributed by atoms with E-state index in [1.54, 1.807) is 0 Å².